The maximum absolute atomic E-state index is 13.6. The molecule has 0 aromatic heterocycles. The summed E-state index contributed by atoms with van der Waals surface area (Å²) in [5.74, 6) is -0.945. The number of allylic oxidation sites excluding steroid dienone is 2. The van der Waals surface area contributed by atoms with E-state index in [1.165, 1.54) is 0 Å². The zero-order valence-corrected chi connectivity index (χ0v) is 26.1. The Labute approximate surface area is 232 Å². The zero-order chi connectivity index (χ0) is 28.9. The first-order valence-corrected chi connectivity index (χ1v) is 18.8. The molecule has 0 amide bonds. The van der Waals surface area contributed by atoms with Crippen LogP contribution < -0.4 is 0 Å². The van der Waals surface area contributed by atoms with Gasteiger partial charge in [0, 0.05) is 23.9 Å². The molecule has 11 heteroatoms. The minimum atomic E-state index is -5.80. The van der Waals surface area contributed by atoms with Gasteiger partial charge in [-0.3, -0.25) is 0 Å². The van der Waals surface area contributed by atoms with Crippen molar-refractivity contribution >= 4 is 18.4 Å². The third kappa shape index (κ3) is 4.55. The molecule has 5 aliphatic rings. The number of hydrogen-bond acceptors (Lipinski definition) is 6. The van der Waals surface area contributed by atoms with Crippen molar-refractivity contribution in [3.63, 3.8) is 0 Å². The molecule has 4 fully saturated rings. The molecule has 1 aliphatic heterocycles. The van der Waals surface area contributed by atoms with Crippen molar-refractivity contribution in [2.24, 2.45) is 34.5 Å². The minimum Gasteiger partial charge on any atom is -0.414 e. The van der Waals surface area contributed by atoms with Gasteiger partial charge in [-0.15, -0.1) is 0 Å². The first-order valence-electron chi connectivity index (χ1n) is 14.4. The van der Waals surface area contributed by atoms with Crippen molar-refractivity contribution in [2.45, 2.75) is 115 Å². The van der Waals surface area contributed by atoms with E-state index in [4.69, 9.17) is 18.1 Å². The molecule has 39 heavy (non-hydrogen) atoms. The van der Waals surface area contributed by atoms with E-state index >= 15 is 0 Å². The van der Waals surface area contributed by atoms with Gasteiger partial charge in [0.1, 0.15) is 5.76 Å². The Morgan fingerprint density at radius 1 is 0.974 bits per heavy atom. The lowest BCUT2D eigenvalue weighted by Gasteiger charge is -2.60. The summed E-state index contributed by atoms with van der Waals surface area (Å²) < 4.78 is 89.5. The van der Waals surface area contributed by atoms with Gasteiger partial charge < -0.3 is 18.1 Å². The van der Waals surface area contributed by atoms with Crippen molar-refractivity contribution in [2.75, 3.05) is 13.2 Å². The number of fused-ring (bicyclic) bond motifs is 6. The molecule has 0 unspecified atom stereocenters. The Balaban J connectivity index is 1.53. The number of rotatable bonds is 4. The number of hydrogen-bond donors (Lipinski definition) is 0. The van der Waals surface area contributed by atoms with Gasteiger partial charge in [-0.05, 0) is 85.9 Å². The summed E-state index contributed by atoms with van der Waals surface area (Å²) in [6.07, 6.45) is 7.00. The van der Waals surface area contributed by atoms with Gasteiger partial charge in [0.05, 0.1) is 13.2 Å². The van der Waals surface area contributed by atoms with Crippen LogP contribution in [-0.2, 0) is 28.2 Å². The summed E-state index contributed by atoms with van der Waals surface area (Å²) in [5, 5.41) is -0.0170. The number of ether oxygens (including phenoxy) is 2. The molecule has 0 aromatic rings. The largest absolute Gasteiger partial charge is 0.534 e. The van der Waals surface area contributed by atoms with E-state index in [-0.39, 0.29) is 40.1 Å². The molecule has 1 spiro atoms. The fraction of sp³-hybridized carbons (Fsp3) is 0.929. The van der Waals surface area contributed by atoms with E-state index in [0.717, 1.165) is 38.5 Å². The van der Waals surface area contributed by atoms with Gasteiger partial charge in [-0.2, -0.15) is 21.6 Å². The van der Waals surface area contributed by atoms with E-state index in [1.807, 2.05) is 0 Å². The van der Waals surface area contributed by atoms with Crippen molar-refractivity contribution in [3.8, 4) is 0 Å². The number of halogens is 3. The molecule has 1 heterocycles. The van der Waals surface area contributed by atoms with E-state index in [2.05, 4.69) is 47.7 Å². The Morgan fingerprint density at radius 2 is 1.59 bits per heavy atom. The van der Waals surface area contributed by atoms with Crippen LogP contribution in [0.5, 0.6) is 0 Å². The average molecular weight is 595 g/mol. The van der Waals surface area contributed by atoms with Gasteiger partial charge in [0.15, 0.2) is 14.1 Å². The quantitative estimate of drug-likeness (QED) is 0.196. The van der Waals surface area contributed by atoms with Crippen LogP contribution in [0.3, 0.4) is 0 Å². The van der Waals surface area contributed by atoms with E-state index < -0.39 is 41.1 Å². The van der Waals surface area contributed by atoms with Gasteiger partial charge >= 0.3 is 15.6 Å². The molecule has 0 bridgehead atoms. The highest BCUT2D eigenvalue weighted by Gasteiger charge is 2.68. The van der Waals surface area contributed by atoms with Crippen LogP contribution in [-0.4, -0.2) is 47.3 Å². The maximum atomic E-state index is 13.6. The lowest BCUT2D eigenvalue weighted by molar-refractivity contribution is -0.242. The predicted octanol–water partition coefficient (Wildman–Crippen LogP) is 7.13. The Bertz CT molecular complexity index is 1110. The Morgan fingerprint density at radius 3 is 2.18 bits per heavy atom. The number of alkyl halides is 3. The fourth-order valence-corrected chi connectivity index (χ4v) is 10.5. The van der Waals surface area contributed by atoms with E-state index in [0.29, 0.717) is 19.6 Å². The van der Waals surface area contributed by atoms with Crippen molar-refractivity contribution in [3.05, 3.63) is 11.8 Å². The lowest BCUT2D eigenvalue weighted by Crippen LogP contribution is -2.57. The van der Waals surface area contributed by atoms with Crippen LogP contribution in [0.1, 0.15) is 79.6 Å². The smallest absolute Gasteiger partial charge is 0.414 e. The van der Waals surface area contributed by atoms with Crippen LogP contribution in [0.4, 0.5) is 13.2 Å². The SMILES string of the molecule is CC(C)(C)[Si](C)(C)O[C@H]1CC[C@@]2(C)[C@H](C1)C(OS(=O)(=O)C(F)(F)F)=C[C@@H]1[C@@H]2CC[C@@]2(C)[C@H]1CCC21OCCO1. The van der Waals surface area contributed by atoms with Crippen molar-refractivity contribution in [1.29, 1.82) is 0 Å². The highest BCUT2D eigenvalue weighted by atomic mass is 32.2. The highest BCUT2D eigenvalue weighted by Crippen LogP contribution is 2.69. The van der Waals surface area contributed by atoms with E-state index in [9.17, 15) is 21.6 Å². The molecule has 3 saturated carbocycles. The first-order chi connectivity index (χ1) is 17.8. The van der Waals surface area contributed by atoms with E-state index in [1.54, 1.807) is 6.08 Å². The molecule has 0 aromatic carbocycles. The summed E-state index contributed by atoms with van der Waals surface area (Å²) >= 11 is 0. The molecule has 7 atom stereocenters. The second-order valence-electron chi connectivity index (χ2n) is 14.6. The predicted molar refractivity (Wildman–Crippen MR) is 143 cm³/mol. The Hall–Kier alpha value is -0.623. The second kappa shape index (κ2) is 9.19. The summed E-state index contributed by atoms with van der Waals surface area (Å²) in [5.41, 5.74) is -6.17. The maximum Gasteiger partial charge on any atom is 0.534 e. The molecular weight excluding hydrogens is 549 g/mol. The van der Waals surface area contributed by atoms with Crippen LogP contribution in [0.2, 0.25) is 18.1 Å². The van der Waals surface area contributed by atoms with Gasteiger partial charge in [0.25, 0.3) is 0 Å². The summed E-state index contributed by atoms with van der Waals surface area (Å²) in [6, 6.07) is 0. The third-order valence-corrected chi connectivity index (χ3v) is 17.2. The topological polar surface area (TPSA) is 71.1 Å². The van der Waals surface area contributed by atoms with Crippen LogP contribution in [0.25, 0.3) is 0 Å². The molecule has 5 rings (SSSR count). The fourth-order valence-electron chi connectivity index (χ4n) is 8.53. The zero-order valence-electron chi connectivity index (χ0n) is 24.3. The second-order valence-corrected chi connectivity index (χ2v) is 20.9. The summed E-state index contributed by atoms with van der Waals surface area (Å²) in [4.78, 5) is 0. The molecule has 0 radical (unpaired) electrons. The summed E-state index contributed by atoms with van der Waals surface area (Å²) in [7, 11) is -7.94. The normalized spacial score (nSPS) is 40.6. The molecular formula is C28H45F3O6SSi. The first kappa shape index (κ1) is 29.9. The Kier molecular flexibility index (Phi) is 7.03. The third-order valence-electron chi connectivity index (χ3n) is 11.7. The van der Waals surface area contributed by atoms with Crippen LogP contribution >= 0.6 is 0 Å². The minimum absolute atomic E-state index is 0.0170. The molecule has 4 aliphatic carbocycles. The monoisotopic (exact) mass is 594 g/mol. The standard InChI is InChI=1S/C28H45F3O6SSi/c1-24(2,3)39(6,7)37-18-8-11-25(4)20-9-12-26(5)21(10-13-27(26)34-14-15-35-27)19(20)17-23(22(25)16-18)36-38(32,33)28(29,30)31/h17-22H,8-16H2,1-7H3/t18-,19+,20-,21-,22+,25+,26-/m0/s1. The van der Waals surface area contributed by atoms with Crippen LogP contribution in [0.15, 0.2) is 11.8 Å². The van der Waals surface area contributed by atoms with Gasteiger partial charge in [-0.1, -0.05) is 34.6 Å². The average Bonchev–Trinajstić information content (AvgIpc) is 3.38. The lowest BCUT2D eigenvalue weighted by atomic mass is 9.46. The summed E-state index contributed by atoms with van der Waals surface area (Å²) in [6.45, 7) is 16.2. The van der Waals surface area contributed by atoms with Gasteiger partial charge in [0.2, 0.25) is 0 Å². The van der Waals surface area contributed by atoms with Gasteiger partial charge in [-0.25, -0.2) is 0 Å². The molecule has 6 nitrogen and oxygen atoms in total. The molecule has 224 valence electrons. The molecule has 1 saturated heterocycles. The van der Waals surface area contributed by atoms with Crippen molar-refractivity contribution in [1.82, 2.24) is 0 Å². The van der Waals surface area contributed by atoms with Crippen molar-refractivity contribution < 1.29 is 39.7 Å². The highest BCUT2D eigenvalue weighted by molar-refractivity contribution is 7.87. The van der Waals surface area contributed by atoms with Crippen LogP contribution in [0, 0.1) is 34.5 Å². The molecule has 0 N–H and O–H groups in total.